The Labute approximate surface area is 105 Å². The van der Waals surface area contributed by atoms with E-state index < -0.39 is 0 Å². The van der Waals surface area contributed by atoms with E-state index in [9.17, 15) is 0 Å². The summed E-state index contributed by atoms with van der Waals surface area (Å²) < 4.78 is 1.11. The minimum absolute atomic E-state index is 1.11. The number of hydrogen-bond donors (Lipinski definition) is 0. The van der Waals surface area contributed by atoms with Gasteiger partial charge in [0.2, 0.25) is 0 Å². The smallest absolute Gasteiger partial charge is 0.154 e. The highest BCUT2D eigenvalue weighted by Gasteiger charge is 1.99. The van der Waals surface area contributed by atoms with Crippen molar-refractivity contribution in [2.45, 2.75) is 35.4 Å². The van der Waals surface area contributed by atoms with Gasteiger partial charge in [0.25, 0.3) is 0 Å². The molecule has 2 aromatic rings. The summed E-state index contributed by atoms with van der Waals surface area (Å²) in [6, 6.07) is 8.84. The molecule has 0 N–H and O–H groups in total. The molecule has 0 atom stereocenters. The van der Waals surface area contributed by atoms with Crippen molar-refractivity contribution in [1.29, 1.82) is 0 Å². The lowest BCUT2D eigenvalue weighted by atomic mass is 10.1. The van der Waals surface area contributed by atoms with E-state index >= 15 is 0 Å². The van der Waals surface area contributed by atoms with E-state index in [2.05, 4.69) is 36.2 Å². The Morgan fingerprint density at radius 3 is 2.69 bits per heavy atom. The summed E-state index contributed by atoms with van der Waals surface area (Å²) in [6.07, 6.45) is 5.58. The molecule has 0 spiro atoms. The number of benzene rings is 1. The molecule has 1 nitrogen and oxygen atoms in total. The second-order valence-corrected chi connectivity index (χ2v) is 5.86. The quantitative estimate of drug-likeness (QED) is 0.766. The van der Waals surface area contributed by atoms with Gasteiger partial charge in [0.05, 0.1) is 0 Å². The zero-order chi connectivity index (χ0) is 11.2. The summed E-state index contributed by atoms with van der Waals surface area (Å²) in [5.41, 5.74) is 1.44. The second kappa shape index (κ2) is 6.06. The van der Waals surface area contributed by atoms with Gasteiger partial charge in [-0.2, -0.15) is 0 Å². The Bertz CT molecular complexity index is 406. The van der Waals surface area contributed by atoms with Crippen LogP contribution in [0, 0.1) is 0 Å². The van der Waals surface area contributed by atoms with Crippen LogP contribution in [-0.2, 0) is 6.42 Å². The zero-order valence-corrected chi connectivity index (χ0v) is 11.0. The van der Waals surface area contributed by atoms with Gasteiger partial charge in [-0.3, -0.25) is 0 Å². The minimum atomic E-state index is 1.11. The van der Waals surface area contributed by atoms with Gasteiger partial charge in [-0.05, 0) is 30.5 Å². The maximum atomic E-state index is 4.27. The minimum Gasteiger partial charge on any atom is -0.238 e. The highest BCUT2D eigenvalue weighted by atomic mass is 32.2. The van der Waals surface area contributed by atoms with Crippen LogP contribution < -0.4 is 0 Å². The van der Waals surface area contributed by atoms with Crippen LogP contribution in [0.1, 0.15) is 25.3 Å². The predicted octanol–water partition coefficient (Wildman–Crippen LogP) is 4.64. The van der Waals surface area contributed by atoms with Crippen LogP contribution in [0.25, 0.3) is 0 Å². The summed E-state index contributed by atoms with van der Waals surface area (Å²) in [5, 5.41) is 2.01. The monoisotopic (exact) mass is 249 g/mol. The molecule has 0 bridgehead atoms. The van der Waals surface area contributed by atoms with Crippen molar-refractivity contribution in [2.75, 3.05) is 0 Å². The highest BCUT2D eigenvalue weighted by Crippen LogP contribution is 2.29. The van der Waals surface area contributed by atoms with Crippen LogP contribution in [-0.4, -0.2) is 4.98 Å². The first-order valence-corrected chi connectivity index (χ1v) is 7.24. The summed E-state index contributed by atoms with van der Waals surface area (Å²) in [4.78, 5) is 5.54. The molecule has 1 aromatic heterocycles. The lowest BCUT2D eigenvalue weighted by molar-refractivity contribution is 0.794. The molecule has 2 rings (SSSR count). The molecular formula is C13H15NS2. The molecule has 0 fully saturated rings. The molecule has 1 heterocycles. The number of aryl methyl sites for hydroxylation is 1. The zero-order valence-electron chi connectivity index (χ0n) is 9.35. The molecule has 0 amide bonds. The van der Waals surface area contributed by atoms with E-state index in [0.29, 0.717) is 0 Å². The van der Waals surface area contributed by atoms with Crippen molar-refractivity contribution < 1.29 is 0 Å². The van der Waals surface area contributed by atoms with E-state index in [1.165, 1.54) is 29.7 Å². The third-order valence-electron chi connectivity index (χ3n) is 2.36. The molecular weight excluding hydrogens is 234 g/mol. The number of nitrogens with zero attached hydrogens (tertiary/aromatic N) is 1. The Hall–Kier alpha value is -0.800. The number of rotatable bonds is 5. The Kier molecular flexibility index (Phi) is 4.43. The SMILES string of the molecule is CCCCc1ccc(Sc2nccs2)cc1. The average Bonchev–Trinajstić information content (AvgIpc) is 2.81. The van der Waals surface area contributed by atoms with Crippen molar-refractivity contribution in [3.05, 3.63) is 41.4 Å². The van der Waals surface area contributed by atoms with Crippen molar-refractivity contribution in [3.63, 3.8) is 0 Å². The maximum absolute atomic E-state index is 4.27. The van der Waals surface area contributed by atoms with Gasteiger partial charge in [0, 0.05) is 16.5 Å². The largest absolute Gasteiger partial charge is 0.238 e. The first kappa shape index (κ1) is 11.7. The van der Waals surface area contributed by atoms with E-state index in [-0.39, 0.29) is 0 Å². The number of unbranched alkanes of at least 4 members (excludes halogenated alkanes) is 1. The van der Waals surface area contributed by atoms with Crippen molar-refractivity contribution in [2.24, 2.45) is 0 Å². The third kappa shape index (κ3) is 3.35. The van der Waals surface area contributed by atoms with Crippen LogP contribution in [0.2, 0.25) is 0 Å². The Morgan fingerprint density at radius 1 is 1.25 bits per heavy atom. The third-order valence-corrected chi connectivity index (χ3v) is 4.25. The van der Waals surface area contributed by atoms with Gasteiger partial charge < -0.3 is 0 Å². The molecule has 3 heteroatoms. The van der Waals surface area contributed by atoms with Gasteiger partial charge >= 0.3 is 0 Å². The Morgan fingerprint density at radius 2 is 2.06 bits per heavy atom. The fraction of sp³-hybridized carbons (Fsp3) is 0.308. The van der Waals surface area contributed by atoms with Gasteiger partial charge in [0.15, 0.2) is 4.34 Å². The molecule has 0 unspecified atom stereocenters. The van der Waals surface area contributed by atoms with E-state index in [4.69, 9.17) is 0 Å². The standard InChI is InChI=1S/C13H15NS2/c1-2-3-4-11-5-7-12(8-6-11)16-13-14-9-10-15-13/h5-10H,2-4H2,1H3. The van der Waals surface area contributed by atoms with Crippen molar-refractivity contribution in [3.8, 4) is 0 Å². The fourth-order valence-electron chi connectivity index (χ4n) is 1.47. The van der Waals surface area contributed by atoms with Crippen LogP contribution in [0.3, 0.4) is 0 Å². The van der Waals surface area contributed by atoms with Crippen LogP contribution in [0.4, 0.5) is 0 Å². The first-order valence-electron chi connectivity index (χ1n) is 5.55. The van der Waals surface area contributed by atoms with Gasteiger partial charge in [-0.25, -0.2) is 4.98 Å². The lowest BCUT2D eigenvalue weighted by Gasteiger charge is -2.01. The van der Waals surface area contributed by atoms with E-state index in [0.717, 1.165) is 4.34 Å². The summed E-state index contributed by atoms with van der Waals surface area (Å²) >= 11 is 3.42. The van der Waals surface area contributed by atoms with Gasteiger partial charge in [0.1, 0.15) is 0 Å². The molecule has 0 saturated heterocycles. The first-order chi connectivity index (χ1) is 7.88. The average molecular weight is 249 g/mol. The van der Waals surface area contributed by atoms with Crippen LogP contribution in [0.15, 0.2) is 45.1 Å². The second-order valence-electron chi connectivity index (χ2n) is 3.65. The molecule has 0 aliphatic rings. The Balaban J connectivity index is 1.96. The predicted molar refractivity (Wildman–Crippen MR) is 71.3 cm³/mol. The molecule has 1 aromatic carbocycles. The molecule has 0 aliphatic carbocycles. The summed E-state index contributed by atoms with van der Waals surface area (Å²) in [5.74, 6) is 0. The lowest BCUT2D eigenvalue weighted by Crippen LogP contribution is -1.83. The molecule has 16 heavy (non-hydrogen) atoms. The van der Waals surface area contributed by atoms with Crippen LogP contribution >= 0.6 is 23.1 Å². The van der Waals surface area contributed by atoms with Crippen LogP contribution in [0.5, 0.6) is 0 Å². The summed E-state index contributed by atoms with van der Waals surface area (Å²) in [7, 11) is 0. The topological polar surface area (TPSA) is 12.9 Å². The molecule has 0 saturated carbocycles. The maximum Gasteiger partial charge on any atom is 0.154 e. The summed E-state index contributed by atoms with van der Waals surface area (Å²) in [6.45, 7) is 2.23. The van der Waals surface area contributed by atoms with Crippen molar-refractivity contribution >= 4 is 23.1 Å². The highest BCUT2D eigenvalue weighted by molar-refractivity contribution is 8.01. The normalized spacial score (nSPS) is 10.6. The molecule has 0 aliphatic heterocycles. The van der Waals surface area contributed by atoms with Gasteiger partial charge in [-0.1, -0.05) is 37.2 Å². The van der Waals surface area contributed by atoms with E-state index in [1.807, 2.05) is 11.6 Å². The molecule has 0 radical (unpaired) electrons. The number of aromatic nitrogens is 1. The number of thiazole rings is 1. The molecule has 84 valence electrons. The van der Waals surface area contributed by atoms with Gasteiger partial charge in [-0.15, -0.1) is 11.3 Å². The fourth-order valence-corrected chi connectivity index (χ4v) is 3.06. The number of hydrogen-bond acceptors (Lipinski definition) is 3. The van der Waals surface area contributed by atoms with Crippen molar-refractivity contribution in [1.82, 2.24) is 4.98 Å². The van der Waals surface area contributed by atoms with E-state index in [1.54, 1.807) is 23.1 Å².